The molecule has 2 unspecified atom stereocenters. The van der Waals surface area contributed by atoms with Crippen LogP contribution in [0, 0.1) is 12.1 Å². The van der Waals surface area contributed by atoms with E-state index in [2.05, 4.69) is 28.2 Å². The molecule has 4 aromatic rings. The monoisotopic (exact) mass is 638 g/mol. The molecule has 1 radical (unpaired) electrons. The van der Waals surface area contributed by atoms with Gasteiger partial charge in [-0.25, -0.2) is 0 Å². The minimum atomic E-state index is -2.39. The van der Waals surface area contributed by atoms with E-state index in [1.807, 2.05) is 24.3 Å². The Morgan fingerprint density at radius 2 is 2.27 bits per heavy atom. The number of pyridine rings is 1. The summed E-state index contributed by atoms with van der Waals surface area (Å²) in [7, 11) is 0. The van der Waals surface area contributed by atoms with Crippen molar-refractivity contribution in [2.75, 3.05) is 0 Å². The maximum absolute atomic E-state index is 8.37. The first-order valence-corrected chi connectivity index (χ1v) is 10.2. The fraction of sp³-hybridized carbons (Fsp3) is 0.103. The molecule has 1 aliphatic rings. The van der Waals surface area contributed by atoms with Crippen molar-refractivity contribution in [3.05, 3.63) is 121 Å². The molecule has 2 atom stereocenters. The van der Waals surface area contributed by atoms with Gasteiger partial charge in [-0.05, 0) is 56.0 Å². The molecule has 2 nitrogen and oxygen atoms in total. The first kappa shape index (κ1) is 12.5. The molecule has 0 N–H and O–H groups in total. The van der Waals surface area contributed by atoms with E-state index < -0.39 is 56.0 Å². The Bertz CT molecular complexity index is 1930. The average Bonchev–Trinajstić information content (AvgIpc) is 3.40. The molecule has 0 spiro atoms. The third-order valence-electron chi connectivity index (χ3n) is 4.35. The van der Waals surface area contributed by atoms with Crippen molar-refractivity contribution >= 4 is 42.8 Å². The van der Waals surface area contributed by atoms with E-state index in [0.29, 0.717) is 17.8 Å². The number of thiophene rings is 1. The summed E-state index contributed by atoms with van der Waals surface area (Å²) < 4.78 is 100.0. The summed E-state index contributed by atoms with van der Waals surface area (Å²) >= 11 is 1.60. The molecule has 0 amide bonds. The van der Waals surface area contributed by atoms with Crippen LogP contribution < -0.4 is 0 Å². The standard InChI is InChI=1S/C18H14NS.C11H10N.Ir/c1-12-9-10-16(19-11-12)15-7-4-6-14-13-5-2-3-8-17(13)20-18(14)15;1-3-4-7-10(2)11-8-5-6-9-12-11;/h2-6,8,11H,9-10H2,1H3;3-6,8-9H,1-2H2;/q2*-1;/i1D3,9D,10D;1D,2D,3D,4D,5D,6D,8D,9D;. The van der Waals surface area contributed by atoms with Gasteiger partial charge >= 0.3 is 0 Å². The Kier molecular flexibility index (Phi) is 4.48. The molecule has 0 bridgehead atoms. The molecule has 0 saturated heterocycles. The van der Waals surface area contributed by atoms with E-state index >= 15 is 0 Å². The van der Waals surface area contributed by atoms with E-state index in [9.17, 15) is 0 Å². The van der Waals surface area contributed by atoms with Gasteiger partial charge in [0, 0.05) is 46.8 Å². The van der Waals surface area contributed by atoms with Crippen LogP contribution in [0.4, 0.5) is 0 Å². The molecule has 1 aliphatic heterocycles. The van der Waals surface area contributed by atoms with Crippen LogP contribution in [0.2, 0.25) is 0 Å². The van der Waals surface area contributed by atoms with Crippen molar-refractivity contribution in [2.24, 2.45) is 4.99 Å². The average molecular weight is 638 g/mol. The number of allylic oxidation sites excluding steroid dienone is 5. The summed E-state index contributed by atoms with van der Waals surface area (Å²) in [6, 6.07) is 12.6. The van der Waals surface area contributed by atoms with Crippen molar-refractivity contribution in [1.82, 2.24) is 4.98 Å². The normalized spacial score (nSPS) is 25.1. The zero-order chi connectivity index (χ0) is 33.2. The van der Waals surface area contributed by atoms with Crippen molar-refractivity contribution in [3.8, 4) is 0 Å². The first-order valence-electron chi connectivity index (χ1n) is 16.2. The second-order valence-corrected chi connectivity index (χ2v) is 7.43. The van der Waals surface area contributed by atoms with Gasteiger partial charge in [-0.1, -0.05) is 41.2 Å². The molecule has 4 heteroatoms. The SMILES string of the molecule is [2H]C1C(C([2H])([2H])[2H])=CN=C(c2[c-]ccc3c2sc2ccccc23)C1[2H].[2H]C=C([2H])C([2H])=[C-]C(=C[2H])c1nc([2H])c([2H])c([2H])c1[2H].[Ir]. The summed E-state index contributed by atoms with van der Waals surface area (Å²) in [5.41, 5.74) is 0.629. The van der Waals surface area contributed by atoms with Crippen LogP contribution in [0.25, 0.3) is 25.7 Å². The summed E-state index contributed by atoms with van der Waals surface area (Å²) in [4.78, 5) is 7.90. The second kappa shape index (κ2) is 11.8. The molecule has 33 heavy (non-hydrogen) atoms. The van der Waals surface area contributed by atoms with E-state index in [1.165, 1.54) is 6.20 Å². The Morgan fingerprint density at radius 3 is 3.15 bits per heavy atom. The summed E-state index contributed by atoms with van der Waals surface area (Å²) in [6.45, 7) is -1.03. The predicted octanol–water partition coefficient (Wildman–Crippen LogP) is 7.98. The Morgan fingerprint density at radius 1 is 1.33 bits per heavy atom. The Balaban J connectivity index is 0.000000252. The third kappa shape index (κ3) is 5.91. The van der Waals surface area contributed by atoms with Crippen molar-refractivity contribution in [2.45, 2.75) is 19.6 Å². The fourth-order valence-electron chi connectivity index (χ4n) is 2.94. The predicted molar refractivity (Wildman–Crippen MR) is 139 cm³/mol. The molecule has 0 fully saturated rings. The smallest absolute Gasteiger partial charge is 0.0830 e. The van der Waals surface area contributed by atoms with Crippen molar-refractivity contribution in [1.29, 1.82) is 0 Å². The molecular formula is C29H24IrN2S-2. The molecule has 2 aromatic carbocycles. The topological polar surface area (TPSA) is 25.2 Å². The van der Waals surface area contributed by atoms with Gasteiger partial charge in [-0.3, -0.25) is 0 Å². The van der Waals surface area contributed by atoms with Gasteiger partial charge in [-0.15, -0.1) is 54.1 Å². The van der Waals surface area contributed by atoms with Crippen LogP contribution in [-0.4, -0.2) is 10.7 Å². The fourth-order valence-corrected chi connectivity index (χ4v) is 4.15. The van der Waals surface area contributed by atoms with Gasteiger partial charge in [0.05, 0.1) is 5.48 Å². The van der Waals surface area contributed by atoms with E-state index in [4.69, 9.17) is 17.8 Å². The van der Waals surface area contributed by atoms with Crippen LogP contribution in [0.15, 0.2) is 103 Å². The maximum Gasteiger partial charge on any atom is 0.0830 e. The molecule has 2 aromatic heterocycles. The maximum atomic E-state index is 8.37. The van der Waals surface area contributed by atoms with Gasteiger partial charge in [0.15, 0.2) is 0 Å². The number of hydrogen-bond acceptors (Lipinski definition) is 3. The van der Waals surface area contributed by atoms with Crippen molar-refractivity contribution < 1.29 is 37.9 Å². The van der Waals surface area contributed by atoms with Gasteiger partial charge in [0.25, 0.3) is 0 Å². The zero-order valence-corrected chi connectivity index (χ0v) is 20.2. The molecule has 0 saturated carbocycles. The summed E-state index contributed by atoms with van der Waals surface area (Å²) in [6.07, 6.45) is 0.839. The largest absolute Gasteiger partial charge is 0.309 e. The quantitative estimate of drug-likeness (QED) is 0.165. The van der Waals surface area contributed by atoms with Crippen LogP contribution in [0.5, 0.6) is 0 Å². The Hall–Kier alpha value is -2.91. The summed E-state index contributed by atoms with van der Waals surface area (Å²) in [5.74, 6) is 0. The third-order valence-corrected chi connectivity index (χ3v) is 5.55. The minimum absolute atomic E-state index is 0. The second-order valence-electron chi connectivity index (χ2n) is 6.38. The van der Waals surface area contributed by atoms with Crippen molar-refractivity contribution in [3.63, 3.8) is 0 Å². The molecule has 167 valence electrons. The number of benzene rings is 2. The molecule has 3 heterocycles. The Labute approximate surface area is 231 Å². The number of nitrogens with zero attached hydrogens (tertiary/aromatic N) is 2. The van der Waals surface area contributed by atoms with Crippen LogP contribution in [-0.2, 0) is 20.1 Å². The molecular weight excluding hydrogens is 601 g/mol. The zero-order valence-electron chi connectivity index (χ0n) is 30.0. The number of rotatable bonds is 4. The van der Waals surface area contributed by atoms with Gasteiger partial charge < -0.3 is 9.98 Å². The van der Waals surface area contributed by atoms with E-state index in [-0.39, 0.29) is 36.9 Å². The van der Waals surface area contributed by atoms with Crippen LogP contribution in [0.3, 0.4) is 0 Å². The summed E-state index contributed by atoms with van der Waals surface area (Å²) in [5, 5.41) is 2.20. The van der Waals surface area contributed by atoms with Crippen LogP contribution in [0.1, 0.15) is 48.7 Å². The van der Waals surface area contributed by atoms with Gasteiger partial charge in [-0.2, -0.15) is 17.9 Å². The van der Waals surface area contributed by atoms with Crippen LogP contribution >= 0.6 is 11.3 Å². The molecule has 0 aliphatic carbocycles. The molecule has 5 rings (SSSR count). The number of fused-ring (bicyclic) bond motifs is 3. The van der Waals surface area contributed by atoms with Gasteiger partial charge in [0.2, 0.25) is 0 Å². The minimum Gasteiger partial charge on any atom is -0.309 e. The first-order chi connectivity index (χ1) is 21.2. The number of hydrogen-bond donors (Lipinski definition) is 0. The van der Waals surface area contributed by atoms with Gasteiger partial charge in [0.1, 0.15) is 0 Å². The number of aliphatic imine (C=N–C) groups is 1. The van der Waals surface area contributed by atoms with E-state index in [1.54, 1.807) is 17.4 Å². The van der Waals surface area contributed by atoms with E-state index in [0.717, 1.165) is 26.7 Å². The number of aromatic nitrogens is 1.